The Kier molecular flexibility index (Phi) is 2.06. The summed E-state index contributed by atoms with van der Waals surface area (Å²) in [6.45, 7) is 0.462. The predicted molar refractivity (Wildman–Crippen MR) is 60.3 cm³/mol. The summed E-state index contributed by atoms with van der Waals surface area (Å²) in [4.78, 5) is 14.0. The van der Waals surface area contributed by atoms with Crippen molar-refractivity contribution in [1.82, 2.24) is 10.3 Å². The van der Waals surface area contributed by atoms with Crippen LogP contribution in [0.2, 0.25) is 0 Å². The fourth-order valence-electron chi connectivity index (χ4n) is 2.05. The van der Waals surface area contributed by atoms with E-state index in [1.54, 1.807) is 0 Å². The zero-order valence-corrected chi connectivity index (χ0v) is 8.69. The minimum absolute atomic E-state index is 0.101. The van der Waals surface area contributed by atoms with Crippen molar-refractivity contribution < 1.29 is 9.53 Å². The number of aromatic amines is 1. The average molecular weight is 216 g/mol. The van der Waals surface area contributed by atoms with E-state index in [-0.39, 0.29) is 12.1 Å². The number of benzene rings is 1. The van der Waals surface area contributed by atoms with Crippen LogP contribution in [0.3, 0.4) is 0 Å². The molecule has 1 aliphatic rings. The number of rotatable bonds is 2. The molecule has 1 amide bonds. The Morgan fingerprint density at radius 1 is 1.38 bits per heavy atom. The number of cyclic esters (lactones) is 1. The lowest BCUT2D eigenvalue weighted by Gasteiger charge is -2.07. The molecule has 1 aromatic heterocycles. The first-order valence-electron chi connectivity index (χ1n) is 5.30. The number of carbonyl (C=O) groups excluding carboxylic acids is 1. The molecule has 0 saturated carbocycles. The zero-order valence-electron chi connectivity index (χ0n) is 8.69. The summed E-state index contributed by atoms with van der Waals surface area (Å²) in [5.74, 6) is 0. The highest BCUT2D eigenvalue weighted by molar-refractivity contribution is 5.80. The first-order chi connectivity index (χ1) is 7.81. The van der Waals surface area contributed by atoms with Crippen LogP contribution in [0.1, 0.15) is 5.56 Å². The Balaban J connectivity index is 1.81. The van der Waals surface area contributed by atoms with Gasteiger partial charge < -0.3 is 15.0 Å². The van der Waals surface area contributed by atoms with Crippen molar-refractivity contribution in [3.63, 3.8) is 0 Å². The molecule has 2 aromatic rings. The van der Waals surface area contributed by atoms with Crippen LogP contribution in [-0.2, 0) is 11.2 Å². The van der Waals surface area contributed by atoms with Crippen molar-refractivity contribution in [2.24, 2.45) is 0 Å². The van der Waals surface area contributed by atoms with E-state index < -0.39 is 0 Å². The highest BCUT2D eigenvalue weighted by atomic mass is 16.6. The number of H-pyrrole nitrogens is 1. The smallest absolute Gasteiger partial charge is 0.407 e. The summed E-state index contributed by atoms with van der Waals surface area (Å²) in [7, 11) is 0. The standard InChI is InChI=1S/C12H12N2O2/c15-12-14-10(7-16-12)6-8-1-2-11-9(5-8)3-4-13-11/h1-5,10,13H,6-7H2,(H,14,15)/t10-/m0/s1. The van der Waals surface area contributed by atoms with Crippen LogP contribution in [0.5, 0.6) is 0 Å². The van der Waals surface area contributed by atoms with E-state index in [4.69, 9.17) is 4.74 Å². The van der Waals surface area contributed by atoms with Crippen LogP contribution in [0.15, 0.2) is 30.5 Å². The summed E-state index contributed by atoms with van der Waals surface area (Å²) in [6, 6.07) is 8.41. The van der Waals surface area contributed by atoms with Gasteiger partial charge in [-0.05, 0) is 35.6 Å². The number of carbonyl (C=O) groups is 1. The fraction of sp³-hybridized carbons (Fsp3) is 0.250. The number of nitrogens with one attached hydrogen (secondary N) is 2. The van der Waals surface area contributed by atoms with Crippen LogP contribution in [0.4, 0.5) is 4.79 Å². The SMILES string of the molecule is O=C1N[C@@H](Cc2ccc3[nH]ccc3c2)CO1. The lowest BCUT2D eigenvalue weighted by atomic mass is 10.1. The summed E-state index contributed by atoms with van der Waals surface area (Å²) < 4.78 is 4.85. The van der Waals surface area contributed by atoms with E-state index in [9.17, 15) is 4.79 Å². The molecule has 0 aliphatic carbocycles. The van der Waals surface area contributed by atoms with Gasteiger partial charge in [0.25, 0.3) is 0 Å². The second-order valence-electron chi connectivity index (χ2n) is 4.04. The van der Waals surface area contributed by atoms with Crippen LogP contribution in [0.25, 0.3) is 10.9 Å². The fourth-order valence-corrected chi connectivity index (χ4v) is 2.05. The molecule has 4 nitrogen and oxygen atoms in total. The molecule has 2 heterocycles. The van der Waals surface area contributed by atoms with Gasteiger partial charge in [-0.3, -0.25) is 0 Å². The normalized spacial score (nSPS) is 19.8. The maximum Gasteiger partial charge on any atom is 0.407 e. The largest absolute Gasteiger partial charge is 0.447 e. The molecular weight excluding hydrogens is 204 g/mol. The second kappa shape index (κ2) is 3.56. The lowest BCUT2D eigenvalue weighted by Crippen LogP contribution is -2.28. The van der Waals surface area contributed by atoms with Crippen LogP contribution < -0.4 is 5.32 Å². The molecular formula is C12H12N2O2. The third-order valence-electron chi connectivity index (χ3n) is 2.84. The van der Waals surface area contributed by atoms with Gasteiger partial charge >= 0.3 is 6.09 Å². The van der Waals surface area contributed by atoms with E-state index in [1.165, 1.54) is 10.9 Å². The molecule has 0 radical (unpaired) electrons. The van der Waals surface area contributed by atoms with Crippen molar-refractivity contribution in [1.29, 1.82) is 0 Å². The molecule has 2 N–H and O–H groups in total. The Morgan fingerprint density at radius 2 is 2.31 bits per heavy atom. The lowest BCUT2D eigenvalue weighted by molar-refractivity contribution is 0.177. The van der Waals surface area contributed by atoms with Gasteiger partial charge in [-0.2, -0.15) is 0 Å². The minimum Gasteiger partial charge on any atom is -0.447 e. The summed E-state index contributed by atoms with van der Waals surface area (Å²) in [5.41, 5.74) is 2.35. The summed E-state index contributed by atoms with van der Waals surface area (Å²) in [6.07, 6.45) is 2.43. The predicted octanol–water partition coefficient (Wildman–Crippen LogP) is 1.82. The zero-order chi connectivity index (χ0) is 11.0. The van der Waals surface area contributed by atoms with Crippen molar-refractivity contribution in [2.45, 2.75) is 12.5 Å². The van der Waals surface area contributed by atoms with Gasteiger partial charge in [-0.25, -0.2) is 4.79 Å². The Labute approximate surface area is 92.6 Å². The van der Waals surface area contributed by atoms with Crippen LogP contribution >= 0.6 is 0 Å². The first-order valence-corrected chi connectivity index (χ1v) is 5.30. The molecule has 82 valence electrons. The van der Waals surface area contributed by atoms with Crippen LogP contribution in [0, 0.1) is 0 Å². The Bertz CT molecular complexity index is 533. The Morgan fingerprint density at radius 3 is 3.12 bits per heavy atom. The highest BCUT2D eigenvalue weighted by Gasteiger charge is 2.22. The Hall–Kier alpha value is -1.97. The minimum atomic E-state index is -0.312. The number of hydrogen-bond acceptors (Lipinski definition) is 2. The number of hydrogen-bond donors (Lipinski definition) is 2. The van der Waals surface area contributed by atoms with Crippen LogP contribution in [-0.4, -0.2) is 23.7 Å². The molecule has 0 unspecified atom stereocenters. The van der Waals surface area contributed by atoms with E-state index in [0.29, 0.717) is 6.61 Å². The number of alkyl carbamates (subject to hydrolysis) is 1. The van der Waals surface area contributed by atoms with Gasteiger partial charge in [0.15, 0.2) is 0 Å². The highest BCUT2D eigenvalue weighted by Crippen LogP contribution is 2.16. The molecule has 1 aromatic carbocycles. The summed E-state index contributed by atoms with van der Waals surface area (Å²) >= 11 is 0. The van der Waals surface area contributed by atoms with E-state index in [0.717, 1.165) is 11.9 Å². The van der Waals surface area contributed by atoms with Crippen molar-refractivity contribution in [3.8, 4) is 0 Å². The molecule has 0 bridgehead atoms. The van der Waals surface area contributed by atoms with Gasteiger partial charge in [0.2, 0.25) is 0 Å². The molecule has 1 aliphatic heterocycles. The second-order valence-corrected chi connectivity index (χ2v) is 4.04. The topological polar surface area (TPSA) is 54.1 Å². The van der Waals surface area contributed by atoms with E-state index in [2.05, 4.69) is 28.5 Å². The van der Waals surface area contributed by atoms with Gasteiger partial charge in [0.1, 0.15) is 6.61 Å². The number of aromatic nitrogens is 1. The quantitative estimate of drug-likeness (QED) is 0.804. The first kappa shape index (κ1) is 9.27. The molecule has 4 heteroatoms. The third kappa shape index (κ3) is 1.62. The third-order valence-corrected chi connectivity index (χ3v) is 2.84. The van der Waals surface area contributed by atoms with Crippen molar-refractivity contribution in [2.75, 3.05) is 6.61 Å². The molecule has 0 spiro atoms. The summed E-state index contributed by atoms with van der Waals surface area (Å²) in [5, 5.41) is 3.97. The number of amides is 1. The van der Waals surface area contributed by atoms with Gasteiger partial charge in [0, 0.05) is 11.7 Å². The molecule has 1 atom stereocenters. The van der Waals surface area contributed by atoms with Crippen molar-refractivity contribution in [3.05, 3.63) is 36.0 Å². The van der Waals surface area contributed by atoms with E-state index in [1.807, 2.05) is 12.3 Å². The molecule has 1 fully saturated rings. The number of fused-ring (bicyclic) bond motifs is 1. The molecule has 3 rings (SSSR count). The number of ether oxygens (including phenoxy) is 1. The monoisotopic (exact) mass is 216 g/mol. The van der Waals surface area contributed by atoms with Gasteiger partial charge in [0.05, 0.1) is 6.04 Å². The van der Waals surface area contributed by atoms with E-state index >= 15 is 0 Å². The van der Waals surface area contributed by atoms with Crippen molar-refractivity contribution >= 4 is 17.0 Å². The maximum absolute atomic E-state index is 10.9. The average Bonchev–Trinajstić information content (AvgIpc) is 2.87. The molecule has 1 saturated heterocycles. The van der Waals surface area contributed by atoms with Gasteiger partial charge in [-0.1, -0.05) is 6.07 Å². The van der Waals surface area contributed by atoms with Gasteiger partial charge in [-0.15, -0.1) is 0 Å². The molecule has 16 heavy (non-hydrogen) atoms. The maximum atomic E-state index is 10.9.